The van der Waals surface area contributed by atoms with Gasteiger partial charge in [0, 0.05) is 36.8 Å². The van der Waals surface area contributed by atoms with Crippen LogP contribution >= 0.6 is 31.9 Å². The largest absolute Gasteiger partial charge is 0.353 e. The van der Waals surface area contributed by atoms with Crippen LogP contribution in [-0.4, -0.2) is 24.1 Å². The molecule has 4 nitrogen and oxygen atoms in total. The molecule has 0 spiro atoms. The monoisotopic (exact) mass is 381 g/mol. The summed E-state index contributed by atoms with van der Waals surface area (Å²) in [7, 11) is 0. The highest BCUT2D eigenvalue weighted by molar-refractivity contribution is 9.11. The molecular formula is C12H17Br2NO3. The molecule has 0 aromatic carbocycles. The van der Waals surface area contributed by atoms with E-state index >= 15 is 0 Å². The van der Waals surface area contributed by atoms with E-state index in [0.717, 1.165) is 4.47 Å². The normalized spacial score (nSPS) is 11.2. The van der Waals surface area contributed by atoms with Gasteiger partial charge in [-0.3, -0.25) is 4.79 Å². The highest BCUT2D eigenvalue weighted by atomic mass is 79.9. The fourth-order valence-corrected chi connectivity index (χ4v) is 2.82. The molecule has 18 heavy (non-hydrogen) atoms. The maximum Gasteiger partial charge on any atom is 0.264 e. The van der Waals surface area contributed by atoms with Crippen LogP contribution in [0.15, 0.2) is 26.0 Å². The molecule has 0 aliphatic rings. The van der Waals surface area contributed by atoms with Crippen molar-refractivity contribution >= 4 is 31.9 Å². The van der Waals surface area contributed by atoms with Crippen molar-refractivity contribution in [2.75, 3.05) is 13.2 Å². The summed E-state index contributed by atoms with van der Waals surface area (Å²) in [6.45, 7) is 5.60. The summed E-state index contributed by atoms with van der Waals surface area (Å²) < 4.78 is 13.9. The van der Waals surface area contributed by atoms with Crippen LogP contribution in [0.25, 0.3) is 0 Å². The molecule has 1 aromatic rings. The molecule has 102 valence electrons. The van der Waals surface area contributed by atoms with E-state index in [1.807, 2.05) is 13.8 Å². The van der Waals surface area contributed by atoms with Gasteiger partial charge in [-0.2, -0.15) is 0 Å². The molecule has 0 radical (unpaired) electrons. The van der Waals surface area contributed by atoms with Crippen molar-refractivity contribution < 1.29 is 9.47 Å². The predicted molar refractivity (Wildman–Crippen MR) is 77.8 cm³/mol. The number of rotatable bonds is 7. The zero-order chi connectivity index (χ0) is 13.5. The number of hydrogen-bond acceptors (Lipinski definition) is 3. The average molecular weight is 383 g/mol. The summed E-state index contributed by atoms with van der Waals surface area (Å²) in [4.78, 5) is 11.9. The van der Waals surface area contributed by atoms with Crippen molar-refractivity contribution in [3.05, 3.63) is 31.6 Å². The van der Waals surface area contributed by atoms with E-state index < -0.39 is 0 Å². The summed E-state index contributed by atoms with van der Waals surface area (Å²) in [5, 5.41) is 0. The second-order valence-electron chi connectivity index (χ2n) is 3.63. The third kappa shape index (κ3) is 4.84. The Labute approximate surface area is 124 Å². The second-order valence-corrected chi connectivity index (χ2v) is 5.40. The maximum absolute atomic E-state index is 11.9. The van der Waals surface area contributed by atoms with Crippen LogP contribution in [0.3, 0.4) is 0 Å². The molecular weight excluding hydrogens is 366 g/mol. The van der Waals surface area contributed by atoms with E-state index in [4.69, 9.17) is 9.47 Å². The van der Waals surface area contributed by atoms with Crippen molar-refractivity contribution in [2.45, 2.75) is 33.1 Å². The van der Waals surface area contributed by atoms with Crippen LogP contribution in [0.4, 0.5) is 0 Å². The van der Waals surface area contributed by atoms with Crippen molar-refractivity contribution in [2.24, 2.45) is 0 Å². The Morgan fingerprint density at radius 1 is 1.28 bits per heavy atom. The van der Waals surface area contributed by atoms with Gasteiger partial charge in [0.05, 0.1) is 4.47 Å². The highest BCUT2D eigenvalue weighted by Gasteiger charge is 2.10. The molecule has 0 saturated carbocycles. The van der Waals surface area contributed by atoms with E-state index in [0.29, 0.717) is 30.7 Å². The number of nitrogens with zero attached hydrogens (tertiary/aromatic N) is 1. The van der Waals surface area contributed by atoms with Gasteiger partial charge < -0.3 is 14.0 Å². The Morgan fingerprint density at radius 3 is 2.44 bits per heavy atom. The minimum atomic E-state index is -0.260. The standard InChI is InChI=1S/C12H17Br2NO3/c1-3-17-11(18-4-2)5-6-15-8-9(13)7-10(14)12(15)16/h7-8,11H,3-6H2,1-2H3. The fourth-order valence-electron chi connectivity index (χ4n) is 1.56. The van der Waals surface area contributed by atoms with Gasteiger partial charge in [-0.15, -0.1) is 0 Å². The van der Waals surface area contributed by atoms with Gasteiger partial charge >= 0.3 is 0 Å². The first-order valence-corrected chi connectivity index (χ1v) is 7.45. The zero-order valence-electron chi connectivity index (χ0n) is 10.5. The van der Waals surface area contributed by atoms with Gasteiger partial charge in [0.25, 0.3) is 5.56 Å². The first kappa shape index (κ1) is 15.9. The van der Waals surface area contributed by atoms with Gasteiger partial charge in [0.2, 0.25) is 0 Å². The number of halogens is 2. The minimum absolute atomic E-state index is 0.0510. The lowest BCUT2D eigenvalue weighted by Crippen LogP contribution is -2.25. The van der Waals surface area contributed by atoms with Crippen molar-refractivity contribution in [1.29, 1.82) is 0 Å². The summed E-state index contributed by atoms with van der Waals surface area (Å²) in [5.41, 5.74) is -0.0510. The summed E-state index contributed by atoms with van der Waals surface area (Å²) in [5.74, 6) is 0. The molecule has 0 aliphatic heterocycles. The molecule has 0 bridgehead atoms. The van der Waals surface area contributed by atoms with Gasteiger partial charge in [0.1, 0.15) is 0 Å². The minimum Gasteiger partial charge on any atom is -0.353 e. The Kier molecular flexibility index (Phi) is 7.14. The maximum atomic E-state index is 11.9. The molecule has 1 heterocycles. The zero-order valence-corrected chi connectivity index (χ0v) is 13.7. The number of aromatic nitrogens is 1. The van der Waals surface area contributed by atoms with E-state index in [9.17, 15) is 4.79 Å². The fraction of sp³-hybridized carbons (Fsp3) is 0.583. The van der Waals surface area contributed by atoms with Crippen LogP contribution in [0.2, 0.25) is 0 Å². The van der Waals surface area contributed by atoms with Crippen LogP contribution in [-0.2, 0) is 16.0 Å². The lowest BCUT2D eigenvalue weighted by Gasteiger charge is -2.17. The third-order valence-electron chi connectivity index (χ3n) is 2.32. The molecule has 0 aliphatic carbocycles. The van der Waals surface area contributed by atoms with Crippen LogP contribution in [0.5, 0.6) is 0 Å². The number of pyridine rings is 1. The lowest BCUT2D eigenvalue weighted by molar-refractivity contribution is -0.141. The van der Waals surface area contributed by atoms with Crippen molar-refractivity contribution in [3.63, 3.8) is 0 Å². The Morgan fingerprint density at radius 2 is 1.89 bits per heavy atom. The Balaban J connectivity index is 2.69. The second kappa shape index (κ2) is 8.09. The van der Waals surface area contributed by atoms with Crippen LogP contribution in [0.1, 0.15) is 20.3 Å². The van der Waals surface area contributed by atoms with Gasteiger partial charge in [0.15, 0.2) is 6.29 Å². The molecule has 0 amide bonds. The smallest absolute Gasteiger partial charge is 0.264 e. The number of ether oxygens (including phenoxy) is 2. The SMILES string of the molecule is CCOC(CCn1cc(Br)cc(Br)c1=O)OCC. The highest BCUT2D eigenvalue weighted by Crippen LogP contribution is 2.13. The van der Waals surface area contributed by atoms with E-state index in [-0.39, 0.29) is 11.8 Å². The molecule has 1 aromatic heterocycles. The molecule has 0 unspecified atom stereocenters. The first-order valence-electron chi connectivity index (χ1n) is 5.87. The molecule has 0 N–H and O–H groups in total. The van der Waals surface area contributed by atoms with E-state index in [1.54, 1.807) is 16.8 Å². The van der Waals surface area contributed by atoms with Crippen LogP contribution in [0, 0.1) is 0 Å². The summed E-state index contributed by atoms with van der Waals surface area (Å²) >= 11 is 6.60. The Hall–Kier alpha value is -0.170. The van der Waals surface area contributed by atoms with Gasteiger partial charge in [-0.05, 0) is 51.8 Å². The molecule has 0 fully saturated rings. The quantitative estimate of drug-likeness (QED) is 0.680. The Bertz CT molecular complexity index is 428. The van der Waals surface area contributed by atoms with Gasteiger partial charge in [-0.25, -0.2) is 0 Å². The molecule has 0 atom stereocenters. The molecule has 1 rings (SSSR count). The first-order chi connectivity index (χ1) is 8.58. The summed E-state index contributed by atoms with van der Waals surface area (Å²) in [6.07, 6.45) is 2.15. The topological polar surface area (TPSA) is 40.5 Å². The van der Waals surface area contributed by atoms with Crippen molar-refractivity contribution in [1.82, 2.24) is 4.57 Å². The van der Waals surface area contributed by atoms with Gasteiger partial charge in [-0.1, -0.05) is 0 Å². The predicted octanol–water partition coefficient (Wildman–Crippen LogP) is 3.16. The van der Waals surface area contributed by atoms with E-state index in [1.165, 1.54) is 0 Å². The van der Waals surface area contributed by atoms with E-state index in [2.05, 4.69) is 31.9 Å². The molecule has 6 heteroatoms. The number of hydrogen-bond donors (Lipinski definition) is 0. The number of aryl methyl sites for hydroxylation is 1. The van der Waals surface area contributed by atoms with Crippen LogP contribution < -0.4 is 5.56 Å². The van der Waals surface area contributed by atoms with Crippen molar-refractivity contribution in [3.8, 4) is 0 Å². The lowest BCUT2D eigenvalue weighted by atomic mass is 10.4. The third-order valence-corrected chi connectivity index (χ3v) is 3.32. The summed E-state index contributed by atoms with van der Waals surface area (Å²) in [6, 6.07) is 1.74. The average Bonchev–Trinajstić information content (AvgIpc) is 2.32. The molecule has 0 saturated heterocycles.